The Morgan fingerprint density at radius 2 is 1.53 bits per heavy atom. The average molecular weight is 467 g/mol. The normalized spacial score (nSPS) is 13.7. The van der Waals surface area contributed by atoms with E-state index >= 15 is 0 Å². The van der Waals surface area contributed by atoms with E-state index in [9.17, 15) is 9.59 Å². The molecule has 1 N–H and O–H groups in total. The molecule has 0 saturated heterocycles. The summed E-state index contributed by atoms with van der Waals surface area (Å²) in [6, 6.07) is 19.2. The number of carbonyl (C=O) groups is 2. The van der Waals surface area contributed by atoms with Crippen molar-refractivity contribution in [3.05, 3.63) is 93.6 Å². The van der Waals surface area contributed by atoms with Crippen LogP contribution in [-0.4, -0.2) is 18.9 Å². The van der Waals surface area contributed by atoms with Crippen LogP contribution in [0.3, 0.4) is 0 Å². The van der Waals surface area contributed by atoms with Gasteiger partial charge in [-0.1, -0.05) is 54.4 Å². The summed E-state index contributed by atoms with van der Waals surface area (Å²) in [5.74, 6) is -0.403. The van der Waals surface area contributed by atoms with E-state index in [1.807, 2.05) is 19.1 Å². The lowest BCUT2D eigenvalue weighted by Gasteiger charge is -2.16. The zero-order chi connectivity index (χ0) is 22.8. The molecular weight excluding hydrogens is 447 g/mol. The molecule has 4 rings (SSSR count). The van der Waals surface area contributed by atoms with E-state index in [1.165, 1.54) is 12.0 Å². The molecule has 1 aliphatic rings. The van der Waals surface area contributed by atoms with Crippen molar-refractivity contribution in [3.8, 4) is 5.75 Å². The van der Waals surface area contributed by atoms with Crippen molar-refractivity contribution in [3.63, 3.8) is 0 Å². The van der Waals surface area contributed by atoms with Crippen molar-refractivity contribution in [2.45, 2.75) is 13.3 Å². The van der Waals surface area contributed by atoms with Crippen LogP contribution in [0.15, 0.2) is 72.4 Å². The van der Waals surface area contributed by atoms with E-state index < -0.39 is 11.8 Å². The Morgan fingerprint density at radius 1 is 0.875 bits per heavy atom. The van der Waals surface area contributed by atoms with Gasteiger partial charge in [-0.15, -0.1) is 0 Å². The summed E-state index contributed by atoms with van der Waals surface area (Å²) < 4.78 is 5.40. The summed E-state index contributed by atoms with van der Waals surface area (Å²) in [7, 11) is 1.52. The smallest absolute Gasteiger partial charge is 0.282 e. The Kier molecular flexibility index (Phi) is 6.21. The van der Waals surface area contributed by atoms with Crippen molar-refractivity contribution in [2.24, 2.45) is 0 Å². The summed E-state index contributed by atoms with van der Waals surface area (Å²) in [4.78, 5) is 28.2. The number of nitrogens with zero attached hydrogens (tertiary/aromatic N) is 1. The fourth-order valence-corrected chi connectivity index (χ4v) is 3.86. The maximum Gasteiger partial charge on any atom is 0.282 e. The molecule has 0 atom stereocenters. The standard InChI is InChI=1S/C25H20Cl2N2O3/c1-3-15-4-11-19(12-5-15)29-24(30)22(16-6-8-17(26)9-7-16)23(25(29)31)28-20-14-18(27)10-13-21(20)32-2/h4-14,28H,3H2,1-2H3. The molecule has 0 fully saturated rings. The predicted octanol–water partition coefficient (Wildman–Crippen LogP) is 5.96. The summed E-state index contributed by atoms with van der Waals surface area (Å²) in [5.41, 5.74) is 3.04. The number of anilines is 2. The highest BCUT2D eigenvalue weighted by molar-refractivity contribution is 6.46. The van der Waals surface area contributed by atoms with Gasteiger partial charge in [0.25, 0.3) is 11.8 Å². The summed E-state index contributed by atoms with van der Waals surface area (Å²) >= 11 is 12.2. The Balaban J connectivity index is 1.83. The lowest BCUT2D eigenvalue weighted by Crippen LogP contribution is -2.32. The molecule has 0 aliphatic carbocycles. The quantitative estimate of drug-likeness (QED) is 0.455. The Bertz CT molecular complexity index is 1220. The number of hydrogen-bond acceptors (Lipinski definition) is 4. The summed E-state index contributed by atoms with van der Waals surface area (Å²) in [6.45, 7) is 2.04. The monoisotopic (exact) mass is 466 g/mol. The number of benzene rings is 3. The van der Waals surface area contributed by atoms with Crippen LogP contribution < -0.4 is 15.0 Å². The van der Waals surface area contributed by atoms with Crippen molar-refractivity contribution < 1.29 is 14.3 Å². The number of ether oxygens (including phenoxy) is 1. The van der Waals surface area contributed by atoms with Gasteiger partial charge in [-0.3, -0.25) is 9.59 Å². The molecule has 0 radical (unpaired) electrons. The fraction of sp³-hybridized carbons (Fsp3) is 0.120. The first-order valence-corrected chi connectivity index (χ1v) is 10.8. The molecule has 162 valence electrons. The lowest BCUT2D eigenvalue weighted by atomic mass is 10.0. The number of rotatable bonds is 6. The molecule has 0 saturated carbocycles. The second-order valence-electron chi connectivity index (χ2n) is 7.19. The number of halogens is 2. The van der Waals surface area contributed by atoms with Crippen LogP contribution in [0.25, 0.3) is 5.57 Å². The van der Waals surface area contributed by atoms with Crippen LogP contribution in [0.1, 0.15) is 18.1 Å². The SMILES string of the molecule is CCc1ccc(N2C(=O)C(Nc3cc(Cl)ccc3OC)=C(c3ccc(Cl)cc3)C2=O)cc1. The van der Waals surface area contributed by atoms with Gasteiger partial charge in [0.15, 0.2) is 0 Å². The van der Waals surface area contributed by atoms with Crippen molar-refractivity contribution in [1.82, 2.24) is 0 Å². The van der Waals surface area contributed by atoms with Gasteiger partial charge in [-0.2, -0.15) is 0 Å². The topological polar surface area (TPSA) is 58.6 Å². The Hall–Kier alpha value is -3.28. The van der Waals surface area contributed by atoms with E-state index in [4.69, 9.17) is 27.9 Å². The predicted molar refractivity (Wildman–Crippen MR) is 128 cm³/mol. The Labute approximate surface area is 196 Å². The van der Waals surface area contributed by atoms with Gasteiger partial charge in [0.2, 0.25) is 0 Å². The number of imide groups is 1. The molecule has 5 nitrogen and oxygen atoms in total. The van der Waals surface area contributed by atoms with Crippen molar-refractivity contribution in [2.75, 3.05) is 17.3 Å². The third-order valence-corrected chi connectivity index (χ3v) is 5.73. The fourth-order valence-electron chi connectivity index (χ4n) is 3.56. The van der Waals surface area contributed by atoms with E-state index in [2.05, 4.69) is 5.32 Å². The summed E-state index contributed by atoms with van der Waals surface area (Å²) in [6.07, 6.45) is 0.859. The van der Waals surface area contributed by atoms with E-state index in [0.717, 1.165) is 12.0 Å². The molecule has 7 heteroatoms. The third kappa shape index (κ3) is 4.09. The third-order valence-electron chi connectivity index (χ3n) is 5.24. The van der Waals surface area contributed by atoms with Crippen molar-refractivity contribution in [1.29, 1.82) is 0 Å². The molecule has 0 spiro atoms. The number of methoxy groups -OCH3 is 1. The van der Waals surface area contributed by atoms with E-state index in [-0.39, 0.29) is 11.3 Å². The molecule has 0 aromatic heterocycles. The molecule has 2 amide bonds. The van der Waals surface area contributed by atoms with Crippen molar-refractivity contribution >= 4 is 52.0 Å². The van der Waals surface area contributed by atoms with Crippen LogP contribution in [0.2, 0.25) is 10.0 Å². The summed E-state index contributed by atoms with van der Waals surface area (Å²) in [5, 5.41) is 4.09. The zero-order valence-electron chi connectivity index (χ0n) is 17.5. The number of carbonyl (C=O) groups excluding carboxylic acids is 2. The Morgan fingerprint density at radius 3 is 2.16 bits per heavy atom. The number of nitrogens with one attached hydrogen (secondary N) is 1. The van der Waals surface area contributed by atoms with Crippen LogP contribution >= 0.6 is 23.2 Å². The lowest BCUT2D eigenvalue weighted by molar-refractivity contribution is -0.120. The molecule has 3 aromatic carbocycles. The minimum atomic E-state index is -0.466. The first-order chi connectivity index (χ1) is 15.4. The van der Waals surface area contributed by atoms with Gasteiger partial charge in [0.1, 0.15) is 11.4 Å². The molecule has 0 bridgehead atoms. The number of aryl methyl sites for hydroxylation is 1. The maximum absolute atomic E-state index is 13.5. The second-order valence-corrected chi connectivity index (χ2v) is 8.07. The van der Waals surface area contributed by atoms with Gasteiger partial charge < -0.3 is 10.1 Å². The van der Waals surface area contributed by atoms with Gasteiger partial charge in [0.05, 0.1) is 24.1 Å². The minimum absolute atomic E-state index is 0.137. The number of hydrogen-bond donors (Lipinski definition) is 1. The van der Waals surface area contributed by atoms with E-state index in [1.54, 1.807) is 54.6 Å². The molecule has 32 heavy (non-hydrogen) atoms. The van der Waals surface area contributed by atoms with E-state index in [0.29, 0.717) is 32.7 Å². The largest absolute Gasteiger partial charge is 0.495 e. The first-order valence-electron chi connectivity index (χ1n) is 10.0. The van der Waals surface area contributed by atoms with Crippen LogP contribution in [0, 0.1) is 0 Å². The van der Waals surface area contributed by atoms with Gasteiger partial charge >= 0.3 is 0 Å². The highest BCUT2D eigenvalue weighted by Crippen LogP contribution is 2.36. The van der Waals surface area contributed by atoms with Gasteiger partial charge in [-0.25, -0.2) is 4.90 Å². The molecule has 0 unspecified atom stereocenters. The average Bonchev–Trinajstić information content (AvgIpc) is 3.04. The molecule has 1 aliphatic heterocycles. The highest BCUT2D eigenvalue weighted by atomic mass is 35.5. The highest BCUT2D eigenvalue weighted by Gasteiger charge is 2.40. The van der Waals surface area contributed by atoms with Gasteiger partial charge in [-0.05, 0) is 60.0 Å². The van der Waals surface area contributed by atoms with Crippen LogP contribution in [0.4, 0.5) is 11.4 Å². The molecule has 3 aromatic rings. The first kappa shape index (κ1) is 21.9. The molecular formula is C25H20Cl2N2O3. The van der Waals surface area contributed by atoms with Crippen LogP contribution in [0.5, 0.6) is 5.75 Å². The van der Waals surface area contributed by atoms with Gasteiger partial charge in [0, 0.05) is 10.0 Å². The number of amides is 2. The van der Waals surface area contributed by atoms with Crippen LogP contribution in [-0.2, 0) is 16.0 Å². The maximum atomic E-state index is 13.5. The minimum Gasteiger partial charge on any atom is -0.495 e. The molecule has 1 heterocycles. The zero-order valence-corrected chi connectivity index (χ0v) is 19.0. The second kappa shape index (κ2) is 9.07.